The average Bonchev–Trinajstić information content (AvgIpc) is 2.17. The number of carboxylic acid groups (broad SMARTS) is 1. The molecule has 2 N–H and O–H groups in total. The van der Waals surface area contributed by atoms with E-state index < -0.39 is 17.6 Å². The van der Waals surface area contributed by atoms with E-state index in [1.807, 2.05) is 0 Å². The molecule has 0 fully saturated rings. The summed E-state index contributed by atoms with van der Waals surface area (Å²) in [6.45, 7) is 0. The molecule has 15 heavy (non-hydrogen) atoms. The standard InChI is InChI=1S/C8H5N3O4/c9-11-10-7(13)4-1-2-5(8(14)15)6(12)3-4/h1-3,12H,(H,14,15). The van der Waals surface area contributed by atoms with Gasteiger partial charge in [0, 0.05) is 10.5 Å². The van der Waals surface area contributed by atoms with Crippen molar-refractivity contribution in [2.75, 3.05) is 0 Å². The van der Waals surface area contributed by atoms with Crippen LogP contribution < -0.4 is 0 Å². The molecule has 1 amide bonds. The lowest BCUT2D eigenvalue weighted by Crippen LogP contribution is -1.99. The zero-order chi connectivity index (χ0) is 11.4. The summed E-state index contributed by atoms with van der Waals surface area (Å²) in [5, 5.41) is 20.6. The van der Waals surface area contributed by atoms with Crippen molar-refractivity contribution < 1.29 is 19.8 Å². The number of aromatic carboxylic acids is 1. The van der Waals surface area contributed by atoms with Crippen LogP contribution >= 0.6 is 0 Å². The molecule has 0 aliphatic carbocycles. The molecule has 1 aromatic carbocycles. The molecular formula is C8H5N3O4. The van der Waals surface area contributed by atoms with Gasteiger partial charge in [0.15, 0.2) is 0 Å². The molecule has 1 aromatic rings. The largest absolute Gasteiger partial charge is 0.507 e. The number of phenols is 1. The second-order valence-electron chi connectivity index (χ2n) is 2.53. The van der Waals surface area contributed by atoms with Gasteiger partial charge >= 0.3 is 5.97 Å². The summed E-state index contributed by atoms with van der Waals surface area (Å²) in [5.41, 5.74) is 7.59. The third-order valence-electron chi connectivity index (χ3n) is 1.61. The van der Waals surface area contributed by atoms with Gasteiger partial charge in [0.2, 0.25) is 5.91 Å². The highest BCUT2D eigenvalue weighted by Crippen LogP contribution is 2.19. The molecular weight excluding hydrogens is 202 g/mol. The van der Waals surface area contributed by atoms with E-state index in [-0.39, 0.29) is 11.1 Å². The number of nitrogens with zero attached hydrogens (tertiary/aromatic N) is 3. The summed E-state index contributed by atoms with van der Waals surface area (Å²) in [5.74, 6) is -2.75. The summed E-state index contributed by atoms with van der Waals surface area (Å²) >= 11 is 0. The minimum Gasteiger partial charge on any atom is -0.507 e. The van der Waals surface area contributed by atoms with Crippen LogP contribution in [0.3, 0.4) is 0 Å². The predicted octanol–water partition coefficient (Wildman–Crippen LogP) is 1.54. The summed E-state index contributed by atoms with van der Waals surface area (Å²) in [7, 11) is 0. The van der Waals surface area contributed by atoms with Crippen LogP contribution in [0.1, 0.15) is 20.7 Å². The van der Waals surface area contributed by atoms with Crippen LogP contribution in [0.2, 0.25) is 0 Å². The minimum atomic E-state index is -1.31. The number of benzene rings is 1. The van der Waals surface area contributed by atoms with Gasteiger partial charge in [-0.2, -0.15) is 0 Å². The van der Waals surface area contributed by atoms with Gasteiger partial charge in [-0.1, -0.05) is 6.07 Å². The number of rotatable bonds is 2. The molecule has 0 heterocycles. The van der Waals surface area contributed by atoms with Gasteiger partial charge in [0.1, 0.15) is 11.3 Å². The van der Waals surface area contributed by atoms with Crippen LogP contribution in [0, 0.1) is 0 Å². The van der Waals surface area contributed by atoms with Crippen molar-refractivity contribution in [1.82, 2.24) is 0 Å². The molecule has 0 saturated carbocycles. The van der Waals surface area contributed by atoms with Gasteiger partial charge in [0.05, 0.1) is 0 Å². The first-order valence-corrected chi connectivity index (χ1v) is 3.72. The van der Waals surface area contributed by atoms with Crippen LogP contribution in [-0.2, 0) is 0 Å². The van der Waals surface area contributed by atoms with Gasteiger partial charge in [0.25, 0.3) is 0 Å². The molecule has 0 saturated heterocycles. The SMILES string of the molecule is [N-]=[N+]=NC(=O)c1ccc(C(=O)O)c(O)c1. The zero-order valence-corrected chi connectivity index (χ0v) is 7.28. The smallest absolute Gasteiger partial charge is 0.339 e. The maximum absolute atomic E-state index is 11.0. The summed E-state index contributed by atoms with van der Waals surface area (Å²) in [4.78, 5) is 23.8. The molecule has 0 aliphatic rings. The molecule has 1 rings (SSSR count). The Hall–Kier alpha value is -2.53. The van der Waals surface area contributed by atoms with Crippen LogP contribution in [0.4, 0.5) is 0 Å². The van der Waals surface area contributed by atoms with Crippen molar-refractivity contribution in [3.05, 3.63) is 39.8 Å². The van der Waals surface area contributed by atoms with E-state index in [1.165, 1.54) is 0 Å². The Balaban J connectivity index is 3.17. The van der Waals surface area contributed by atoms with E-state index in [0.717, 1.165) is 18.2 Å². The Kier molecular flexibility index (Phi) is 2.90. The van der Waals surface area contributed by atoms with Gasteiger partial charge in [-0.15, -0.1) is 0 Å². The van der Waals surface area contributed by atoms with Crippen molar-refractivity contribution in [3.63, 3.8) is 0 Å². The molecule has 0 aromatic heterocycles. The highest BCUT2D eigenvalue weighted by molar-refractivity contribution is 5.97. The van der Waals surface area contributed by atoms with Gasteiger partial charge in [-0.3, -0.25) is 4.79 Å². The Labute approximate surface area is 83.2 Å². The molecule has 0 radical (unpaired) electrons. The molecule has 0 unspecified atom stereocenters. The number of hydrogen-bond acceptors (Lipinski definition) is 3. The fraction of sp³-hybridized carbons (Fsp3) is 0. The van der Waals surface area contributed by atoms with Crippen molar-refractivity contribution >= 4 is 11.9 Å². The fourth-order valence-electron chi connectivity index (χ4n) is 0.944. The van der Waals surface area contributed by atoms with Crippen molar-refractivity contribution in [2.24, 2.45) is 5.11 Å². The summed E-state index contributed by atoms with van der Waals surface area (Å²) in [6, 6.07) is 3.14. The van der Waals surface area contributed by atoms with E-state index in [0.29, 0.717) is 0 Å². The Bertz CT molecular complexity index is 477. The maximum Gasteiger partial charge on any atom is 0.339 e. The topological polar surface area (TPSA) is 123 Å². The van der Waals surface area contributed by atoms with Crippen LogP contribution in [0.25, 0.3) is 10.4 Å². The quantitative estimate of drug-likeness (QED) is 0.433. The van der Waals surface area contributed by atoms with Crippen LogP contribution in [0.15, 0.2) is 23.3 Å². The van der Waals surface area contributed by atoms with Crippen LogP contribution in [-0.4, -0.2) is 22.1 Å². The van der Waals surface area contributed by atoms with Gasteiger partial charge in [-0.05, 0) is 22.8 Å². The highest BCUT2D eigenvalue weighted by atomic mass is 16.4. The molecule has 7 nitrogen and oxygen atoms in total. The average molecular weight is 207 g/mol. The van der Waals surface area contributed by atoms with Gasteiger partial charge in [-0.25, -0.2) is 4.79 Å². The minimum absolute atomic E-state index is 0.0738. The number of amides is 1. The van der Waals surface area contributed by atoms with Crippen molar-refractivity contribution in [1.29, 1.82) is 0 Å². The second-order valence-corrected chi connectivity index (χ2v) is 2.53. The number of aromatic hydroxyl groups is 1. The van der Waals surface area contributed by atoms with Gasteiger partial charge < -0.3 is 10.2 Å². The lowest BCUT2D eigenvalue weighted by molar-refractivity contribution is 0.0693. The Morgan fingerprint density at radius 2 is 2.07 bits per heavy atom. The monoisotopic (exact) mass is 207 g/mol. The first kappa shape index (κ1) is 10.6. The lowest BCUT2D eigenvalue weighted by Gasteiger charge is -2.00. The fourth-order valence-corrected chi connectivity index (χ4v) is 0.944. The third-order valence-corrected chi connectivity index (χ3v) is 1.61. The molecule has 0 aliphatic heterocycles. The lowest BCUT2D eigenvalue weighted by atomic mass is 10.1. The maximum atomic E-state index is 11.0. The number of azide groups is 1. The summed E-state index contributed by atoms with van der Waals surface area (Å²) < 4.78 is 0. The van der Waals surface area contributed by atoms with Crippen molar-refractivity contribution in [2.45, 2.75) is 0 Å². The number of carbonyl (C=O) groups excluding carboxylic acids is 1. The first-order chi connectivity index (χ1) is 7.06. The third kappa shape index (κ3) is 2.23. The molecule has 0 bridgehead atoms. The van der Waals surface area contributed by atoms with E-state index in [2.05, 4.69) is 10.0 Å². The Morgan fingerprint density at radius 3 is 2.53 bits per heavy atom. The predicted molar refractivity (Wildman–Crippen MR) is 48.5 cm³/mol. The second kappa shape index (κ2) is 4.12. The first-order valence-electron chi connectivity index (χ1n) is 3.72. The Morgan fingerprint density at radius 1 is 1.40 bits per heavy atom. The molecule has 0 atom stereocenters. The number of hydrogen-bond donors (Lipinski definition) is 2. The highest BCUT2D eigenvalue weighted by Gasteiger charge is 2.12. The van der Waals surface area contributed by atoms with Crippen LogP contribution in [0.5, 0.6) is 5.75 Å². The zero-order valence-electron chi connectivity index (χ0n) is 7.28. The number of carbonyl (C=O) groups is 2. The molecule has 0 spiro atoms. The molecule has 76 valence electrons. The normalized spacial score (nSPS) is 9.07. The van der Waals surface area contributed by atoms with E-state index in [4.69, 9.17) is 10.6 Å². The summed E-state index contributed by atoms with van der Waals surface area (Å²) in [6.07, 6.45) is 0. The number of carboxylic acids is 1. The van der Waals surface area contributed by atoms with E-state index in [1.54, 1.807) is 0 Å². The van der Waals surface area contributed by atoms with E-state index in [9.17, 15) is 14.7 Å². The van der Waals surface area contributed by atoms with E-state index >= 15 is 0 Å². The molecule has 7 heteroatoms. The van der Waals surface area contributed by atoms with Crippen molar-refractivity contribution in [3.8, 4) is 5.75 Å².